The van der Waals surface area contributed by atoms with Gasteiger partial charge in [-0.2, -0.15) is 0 Å². The molecule has 13 heavy (non-hydrogen) atoms. The van der Waals surface area contributed by atoms with Gasteiger partial charge < -0.3 is 10.5 Å². The van der Waals surface area contributed by atoms with Crippen LogP contribution in [0.2, 0.25) is 0 Å². The SMILES string of the molecule is CCC(N)c1ccc(OC)c(I)c1. The summed E-state index contributed by atoms with van der Waals surface area (Å²) in [7, 11) is 1.68. The number of halogens is 1. The molecule has 0 aliphatic heterocycles. The first kappa shape index (κ1) is 10.8. The standard InChI is InChI=1S/C10H14INO/c1-3-9(12)7-4-5-10(13-2)8(11)6-7/h4-6,9H,3,12H2,1-2H3. The average Bonchev–Trinajstić information content (AvgIpc) is 2.16. The minimum absolute atomic E-state index is 0.138. The molecule has 1 atom stereocenters. The lowest BCUT2D eigenvalue weighted by Gasteiger charge is -2.11. The first-order valence-corrected chi connectivity index (χ1v) is 5.36. The van der Waals surface area contributed by atoms with Gasteiger partial charge in [0.15, 0.2) is 0 Å². The van der Waals surface area contributed by atoms with Crippen molar-refractivity contribution in [3.05, 3.63) is 27.3 Å². The zero-order chi connectivity index (χ0) is 9.84. The van der Waals surface area contributed by atoms with Crippen LogP contribution >= 0.6 is 22.6 Å². The third-order valence-electron chi connectivity index (χ3n) is 2.04. The summed E-state index contributed by atoms with van der Waals surface area (Å²) in [4.78, 5) is 0. The van der Waals surface area contributed by atoms with Gasteiger partial charge in [-0.15, -0.1) is 0 Å². The molecule has 0 radical (unpaired) electrons. The van der Waals surface area contributed by atoms with E-state index >= 15 is 0 Å². The van der Waals surface area contributed by atoms with Gasteiger partial charge in [0, 0.05) is 6.04 Å². The van der Waals surface area contributed by atoms with E-state index in [1.807, 2.05) is 12.1 Å². The number of nitrogens with two attached hydrogens (primary N) is 1. The van der Waals surface area contributed by atoms with Crippen LogP contribution in [0.5, 0.6) is 5.75 Å². The molecule has 0 bridgehead atoms. The first-order valence-electron chi connectivity index (χ1n) is 4.28. The second kappa shape index (κ2) is 4.81. The van der Waals surface area contributed by atoms with E-state index in [1.165, 1.54) is 5.56 Å². The maximum atomic E-state index is 5.91. The van der Waals surface area contributed by atoms with Gasteiger partial charge in [0.1, 0.15) is 5.75 Å². The summed E-state index contributed by atoms with van der Waals surface area (Å²) in [6.45, 7) is 2.09. The van der Waals surface area contributed by atoms with E-state index in [9.17, 15) is 0 Å². The van der Waals surface area contributed by atoms with Gasteiger partial charge in [-0.3, -0.25) is 0 Å². The molecule has 2 N–H and O–H groups in total. The van der Waals surface area contributed by atoms with Crippen LogP contribution in [0, 0.1) is 3.57 Å². The van der Waals surface area contributed by atoms with Crippen LogP contribution in [0.15, 0.2) is 18.2 Å². The highest BCUT2D eigenvalue weighted by molar-refractivity contribution is 14.1. The molecule has 1 rings (SSSR count). The molecule has 1 unspecified atom stereocenters. The fraction of sp³-hybridized carbons (Fsp3) is 0.400. The van der Waals surface area contributed by atoms with E-state index in [2.05, 4.69) is 35.6 Å². The Hall–Kier alpha value is -0.290. The van der Waals surface area contributed by atoms with Crippen LogP contribution in [0.1, 0.15) is 24.9 Å². The molecule has 2 nitrogen and oxygen atoms in total. The molecule has 0 aliphatic carbocycles. The fourth-order valence-electron chi connectivity index (χ4n) is 1.15. The van der Waals surface area contributed by atoms with E-state index in [1.54, 1.807) is 7.11 Å². The molecule has 0 heterocycles. The molecular weight excluding hydrogens is 277 g/mol. The van der Waals surface area contributed by atoms with Gasteiger partial charge in [-0.05, 0) is 46.7 Å². The van der Waals surface area contributed by atoms with Crippen molar-refractivity contribution in [1.29, 1.82) is 0 Å². The highest BCUT2D eigenvalue weighted by Gasteiger charge is 2.06. The number of benzene rings is 1. The summed E-state index contributed by atoms with van der Waals surface area (Å²) in [6, 6.07) is 6.20. The Kier molecular flexibility index (Phi) is 3.99. The van der Waals surface area contributed by atoms with Crippen molar-refractivity contribution in [3.63, 3.8) is 0 Å². The molecule has 0 amide bonds. The Morgan fingerprint density at radius 2 is 2.23 bits per heavy atom. The Morgan fingerprint density at radius 3 is 2.69 bits per heavy atom. The highest BCUT2D eigenvalue weighted by atomic mass is 127. The van der Waals surface area contributed by atoms with Crippen molar-refractivity contribution in [2.45, 2.75) is 19.4 Å². The monoisotopic (exact) mass is 291 g/mol. The molecule has 0 fully saturated rings. The predicted octanol–water partition coefficient (Wildman–Crippen LogP) is 2.71. The topological polar surface area (TPSA) is 35.2 Å². The van der Waals surface area contributed by atoms with E-state index in [0.29, 0.717) is 0 Å². The zero-order valence-corrected chi connectivity index (χ0v) is 10.0. The third kappa shape index (κ3) is 2.57. The lowest BCUT2D eigenvalue weighted by Crippen LogP contribution is -2.08. The van der Waals surface area contributed by atoms with Gasteiger partial charge in [0.05, 0.1) is 10.7 Å². The smallest absolute Gasteiger partial charge is 0.132 e. The summed E-state index contributed by atoms with van der Waals surface area (Å²) in [5.41, 5.74) is 7.08. The van der Waals surface area contributed by atoms with Crippen molar-refractivity contribution in [3.8, 4) is 5.75 Å². The molecule has 0 saturated carbocycles. The van der Waals surface area contributed by atoms with Crippen molar-refractivity contribution >= 4 is 22.6 Å². The van der Waals surface area contributed by atoms with Crippen LogP contribution < -0.4 is 10.5 Å². The van der Waals surface area contributed by atoms with Crippen LogP contribution in [0.3, 0.4) is 0 Å². The maximum absolute atomic E-state index is 5.91. The van der Waals surface area contributed by atoms with Crippen molar-refractivity contribution in [2.24, 2.45) is 5.73 Å². The van der Waals surface area contributed by atoms with Crippen LogP contribution in [0.4, 0.5) is 0 Å². The van der Waals surface area contributed by atoms with Crippen molar-refractivity contribution in [1.82, 2.24) is 0 Å². The van der Waals surface area contributed by atoms with Gasteiger partial charge in [-0.1, -0.05) is 13.0 Å². The van der Waals surface area contributed by atoms with Crippen LogP contribution in [-0.4, -0.2) is 7.11 Å². The number of methoxy groups -OCH3 is 1. The maximum Gasteiger partial charge on any atom is 0.132 e. The van der Waals surface area contributed by atoms with E-state index in [-0.39, 0.29) is 6.04 Å². The molecule has 1 aromatic carbocycles. The number of ether oxygens (including phenoxy) is 1. The fourth-order valence-corrected chi connectivity index (χ4v) is 1.91. The Morgan fingerprint density at radius 1 is 1.54 bits per heavy atom. The number of hydrogen-bond acceptors (Lipinski definition) is 2. The quantitative estimate of drug-likeness (QED) is 0.869. The van der Waals surface area contributed by atoms with Crippen molar-refractivity contribution < 1.29 is 4.74 Å². The van der Waals surface area contributed by atoms with Crippen molar-refractivity contribution in [2.75, 3.05) is 7.11 Å². The summed E-state index contributed by atoms with van der Waals surface area (Å²) in [5.74, 6) is 0.910. The Balaban J connectivity index is 2.95. The molecular formula is C10H14INO. The molecule has 1 aromatic rings. The van der Waals surface area contributed by atoms with Crippen LogP contribution in [0.25, 0.3) is 0 Å². The Labute approximate surface area is 92.6 Å². The summed E-state index contributed by atoms with van der Waals surface area (Å²) >= 11 is 2.26. The third-order valence-corrected chi connectivity index (χ3v) is 2.89. The van der Waals surface area contributed by atoms with E-state index in [0.717, 1.165) is 15.7 Å². The van der Waals surface area contributed by atoms with Crippen LogP contribution in [-0.2, 0) is 0 Å². The number of rotatable bonds is 3. The Bertz CT molecular complexity index is 288. The lowest BCUT2D eigenvalue weighted by atomic mass is 10.1. The van der Waals surface area contributed by atoms with Gasteiger partial charge in [-0.25, -0.2) is 0 Å². The van der Waals surface area contributed by atoms with E-state index in [4.69, 9.17) is 10.5 Å². The van der Waals surface area contributed by atoms with Gasteiger partial charge in [0.25, 0.3) is 0 Å². The molecule has 3 heteroatoms. The molecule has 72 valence electrons. The summed E-state index contributed by atoms with van der Waals surface area (Å²) in [5, 5.41) is 0. The van der Waals surface area contributed by atoms with Gasteiger partial charge in [0.2, 0.25) is 0 Å². The minimum Gasteiger partial charge on any atom is -0.496 e. The summed E-state index contributed by atoms with van der Waals surface area (Å²) < 4.78 is 6.28. The van der Waals surface area contributed by atoms with E-state index < -0.39 is 0 Å². The molecule has 0 aliphatic rings. The molecule has 0 spiro atoms. The average molecular weight is 291 g/mol. The largest absolute Gasteiger partial charge is 0.496 e. The zero-order valence-electron chi connectivity index (χ0n) is 7.88. The second-order valence-corrected chi connectivity index (χ2v) is 4.07. The highest BCUT2D eigenvalue weighted by Crippen LogP contribution is 2.24. The normalized spacial score (nSPS) is 12.6. The predicted molar refractivity (Wildman–Crippen MR) is 62.9 cm³/mol. The minimum atomic E-state index is 0.138. The lowest BCUT2D eigenvalue weighted by molar-refractivity contribution is 0.411. The summed E-state index contributed by atoms with van der Waals surface area (Å²) in [6.07, 6.45) is 0.961. The van der Waals surface area contributed by atoms with Gasteiger partial charge >= 0.3 is 0 Å². The first-order chi connectivity index (χ1) is 6.19. The number of hydrogen-bond donors (Lipinski definition) is 1. The molecule has 0 saturated heterocycles. The second-order valence-electron chi connectivity index (χ2n) is 2.91. The molecule has 0 aromatic heterocycles.